The minimum atomic E-state index is -0.947. The van der Waals surface area contributed by atoms with Crippen molar-refractivity contribution in [2.75, 3.05) is 6.54 Å². The molecule has 0 saturated carbocycles. The Bertz CT molecular complexity index is 1230. The van der Waals surface area contributed by atoms with E-state index in [-0.39, 0.29) is 31.6 Å². The van der Waals surface area contributed by atoms with Gasteiger partial charge < -0.3 is 20.1 Å². The maximum atomic E-state index is 14.1. The quantitative estimate of drug-likeness (QED) is 0.0853. The summed E-state index contributed by atoms with van der Waals surface area (Å²) < 4.78 is 10.8. The fraction of sp³-hybridized carbons (Fsp3) is 0.590. The fourth-order valence-electron chi connectivity index (χ4n) is 5.34. The van der Waals surface area contributed by atoms with Crippen molar-refractivity contribution in [2.45, 2.75) is 131 Å². The SMILES string of the molecule is CCCCCCCCCCCN(NC(=O)C(NC(=O)OCc1ccccc1)C(C)CC)C(=O)C(NC(=O)OCc1ccccc1)C(C)CC. The number of hydrogen-bond donors (Lipinski definition) is 3. The number of rotatable bonds is 22. The number of hydrazine groups is 1. The topological polar surface area (TPSA) is 126 Å². The van der Waals surface area contributed by atoms with E-state index in [4.69, 9.17) is 9.47 Å². The van der Waals surface area contributed by atoms with Crippen LogP contribution >= 0.6 is 0 Å². The average molecular weight is 681 g/mol. The molecule has 10 nitrogen and oxygen atoms in total. The van der Waals surface area contributed by atoms with Gasteiger partial charge in [0.05, 0.1) is 0 Å². The highest BCUT2D eigenvalue weighted by atomic mass is 16.6. The predicted molar refractivity (Wildman–Crippen MR) is 193 cm³/mol. The largest absolute Gasteiger partial charge is 0.445 e. The van der Waals surface area contributed by atoms with Crippen molar-refractivity contribution in [3.8, 4) is 0 Å². The minimum Gasteiger partial charge on any atom is -0.445 e. The van der Waals surface area contributed by atoms with Crippen LogP contribution in [0.25, 0.3) is 0 Å². The number of ether oxygens (including phenoxy) is 2. The van der Waals surface area contributed by atoms with E-state index < -0.39 is 36.1 Å². The molecule has 2 aromatic carbocycles. The summed E-state index contributed by atoms with van der Waals surface area (Å²) in [4.78, 5) is 53.6. The monoisotopic (exact) mass is 680 g/mol. The first kappa shape index (κ1) is 41.1. The smallest absolute Gasteiger partial charge is 0.408 e. The third-order valence-electron chi connectivity index (χ3n) is 8.94. The Balaban J connectivity index is 2.14. The minimum absolute atomic E-state index is 0.0629. The number of nitrogens with one attached hydrogen (secondary N) is 3. The summed E-state index contributed by atoms with van der Waals surface area (Å²) in [6.07, 6.45) is 9.67. The molecule has 0 aliphatic heterocycles. The van der Waals surface area contributed by atoms with Gasteiger partial charge in [0.25, 0.3) is 11.8 Å². The summed E-state index contributed by atoms with van der Waals surface area (Å²) in [5, 5.41) is 6.78. The van der Waals surface area contributed by atoms with E-state index in [0.29, 0.717) is 19.3 Å². The molecule has 0 heterocycles. The summed E-state index contributed by atoms with van der Waals surface area (Å²) in [5.41, 5.74) is 4.46. The summed E-state index contributed by atoms with van der Waals surface area (Å²) in [7, 11) is 0. The second-order valence-electron chi connectivity index (χ2n) is 12.9. The van der Waals surface area contributed by atoms with Crippen molar-refractivity contribution in [3.63, 3.8) is 0 Å². The zero-order valence-electron chi connectivity index (χ0n) is 30.4. The molecule has 0 bridgehead atoms. The van der Waals surface area contributed by atoms with Crippen LogP contribution < -0.4 is 16.1 Å². The van der Waals surface area contributed by atoms with Crippen molar-refractivity contribution in [1.29, 1.82) is 0 Å². The molecule has 4 unspecified atom stereocenters. The van der Waals surface area contributed by atoms with E-state index >= 15 is 0 Å². The first-order valence-corrected chi connectivity index (χ1v) is 18.3. The Morgan fingerprint density at radius 3 is 1.51 bits per heavy atom. The van der Waals surface area contributed by atoms with Crippen molar-refractivity contribution in [1.82, 2.24) is 21.1 Å². The molecule has 4 atom stereocenters. The summed E-state index contributed by atoms with van der Waals surface area (Å²) in [6, 6.07) is 16.7. The van der Waals surface area contributed by atoms with Crippen LogP contribution in [0.3, 0.4) is 0 Å². The van der Waals surface area contributed by atoms with Crippen molar-refractivity contribution >= 4 is 24.0 Å². The number of nitrogens with zero attached hydrogens (tertiary/aromatic N) is 1. The van der Waals surface area contributed by atoms with E-state index in [2.05, 4.69) is 23.0 Å². The van der Waals surface area contributed by atoms with E-state index in [1.807, 2.05) is 88.4 Å². The number of unbranched alkanes of at least 4 members (excludes halogenated alkanes) is 8. The molecule has 0 spiro atoms. The van der Waals surface area contributed by atoms with Gasteiger partial charge in [0.1, 0.15) is 25.3 Å². The maximum absolute atomic E-state index is 14.1. The zero-order valence-corrected chi connectivity index (χ0v) is 30.4. The van der Waals surface area contributed by atoms with E-state index in [1.165, 1.54) is 37.1 Å². The molecule has 2 aromatic rings. The van der Waals surface area contributed by atoms with E-state index in [9.17, 15) is 19.2 Å². The number of hydrogen-bond acceptors (Lipinski definition) is 6. The standard InChI is InChI=1S/C39H60N4O6/c1-6-9-10-11-12-13-14-15-22-27-43(37(45)35(31(5)8-3)41-39(47)49-29-33-25-20-17-21-26-33)42-36(44)34(30(4)7-2)40-38(46)48-28-32-23-18-16-19-24-32/h16-21,23-26,30-31,34-35H,6-15,22,27-29H2,1-5H3,(H,40,46)(H,41,47)(H,42,44). The number of benzene rings is 2. The van der Waals surface area contributed by atoms with Gasteiger partial charge in [-0.25, -0.2) is 9.59 Å². The molecule has 49 heavy (non-hydrogen) atoms. The van der Waals surface area contributed by atoms with E-state index in [0.717, 1.165) is 30.4 Å². The third-order valence-corrected chi connectivity index (χ3v) is 8.94. The lowest BCUT2D eigenvalue weighted by molar-refractivity contribution is -0.145. The lowest BCUT2D eigenvalue weighted by Crippen LogP contribution is -2.60. The highest BCUT2D eigenvalue weighted by Gasteiger charge is 2.34. The first-order chi connectivity index (χ1) is 23.7. The lowest BCUT2D eigenvalue weighted by Gasteiger charge is -2.32. The number of carbonyl (C=O) groups is 4. The number of amides is 4. The first-order valence-electron chi connectivity index (χ1n) is 18.3. The third kappa shape index (κ3) is 16.2. The van der Waals surface area contributed by atoms with E-state index in [1.54, 1.807) is 0 Å². The molecule has 3 N–H and O–H groups in total. The predicted octanol–water partition coefficient (Wildman–Crippen LogP) is 8.06. The van der Waals surface area contributed by atoms with Gasteiger partial charge in [0.2, 0.25) is 0 Å². The Morgan fingerprint density at radius 2 is 1.04 bits per heavy atom. The van der Waals surface area contributed by atoms with Gasteiger partial charge in [-0.05, 0) is 29.4 Å². The van der Waals surface area contributed by atoms with Crippen molar-refractivity contribution in [2.24, 2.45) is 11.8 Å². The lowest BCUT2D eigenvalue weighted by atomic mass is 9.97. The molecule has 2 rings (SSSR count). The van der Waals surface area contributed by atoms with Gasteiger partial charge in [0.15, 0.2) is 0 Å². The molecule has 0 saturated heterocycles. The molecule has 272 valence electrons. The van der Waals surface area contributed by atoms with Gasteiger partial charge in [-0.3, -0.25) is 20.0 Å². The highest BCUT2D eigenvalue weighted by Crippen LogP contribution is 2.15. The highest BCUT2D eigenvalue weighted by molar-refractivity contribution is 5.90. The Kier molecular flexibility index (Phi) is 20.2. The van der Waals surface area contributed by atoms with Crippen LogP contribution in [-0.4, -0.2) is 47.6 Å². The molecule has 0 radical (unpaired) electrons. The second-order valence-corrected chi connectivity index (χ2v) is 12.9. The summed E-state index contributed by atoms with van der Waals surface area (Å²) in [6.45, 7) is 10.2. The normalized spacial score (nSPS) is 13.3. The van der Waals surface area contributed by atoms with Crippen LogP contribution in [0.5, 0.6) is 0 Å². The second kappa shape index (κ2) is 24.1. The Morgan fingerprint density at radius 1 is 0.612 bits per heavy atom. The molecular formula is C39H60N4O6. The van der Waals surface area contributed by atoms with Gasteiger partial charge >= 0.3 is 12.2 Å². The molecular weight excluding hydrogens is 620 g/mol. The number of alkyl carbamates (subject to hydrolysis) is 2. The van der Waals surface area contributed by atoms with Gasteiger partial charge in [0, 0.05) is 6.54 Å². The Hall–Kier alpha value is -4.08. The molecule has 0 fully saturated rings. The van der Waals surface area contributed by atoms with Gasteiger partial charge in [-0.15, -0.1) is 0 Å². The maximum Gasteiger partial charge on any atom is 0.408 e. The summed E-state index contributed by atoms with van der Waals surface area (Å²) in [5.74, 6) is -1.44. The molecule has 0 aliphatic carbocycles. The molecule has 4 amide bonds. The molecule has 0 aliphatic rings. The fourth-order valence-corrected chi connectivity index (χ4v) is 5.34. The van der Waals surface area contributed by atoms with Crippen LogP contribution in [0.4, 0.5) is 9.59 Å². The molecule has 0 aromatic heterocycles. The number of carbonyl (C=O) groups excluding carboxylic acids is 4. The van der Waals surface area contributed by atoms with Crippen LogP contribution in [-0.2, 0) is 32.3 Å². The van der Waals surface area contributed by atoms with Gasteiger partial charge in [-0.2, -0.15) is 0 Å². The molecule has 10 heteroatoms. The van der Waals surface area contributed by atoms with Crippen LogP contribution in [0.1, 0.15) is 116 Å². The van der Waals surface area contributed by atoms with Gasteiger partial charge in [-0.1, -0.05) is 159 Å². The van der Waals surface area contributed by atoms with Crippen LogP contribution in [0, 0.1) is 11.8 Å². The van der Waals surface area contributed by atoms with Crippen molar-refractivity contribution in [3.05, 3.63) is 71.8 Å². The van der Waals surface area contributed by atoms with Crippen LogP contribution in [0.15, 0.2) is 60.7 Å². The average Bonchev–Trinajstić information content (AvgIpc) is 3.12. The van der Waals surface area contributed by atoms with Crippen molar-refractivity contribution < 1.29 is 28.7 Å². The summed E-state index contributed by atoms with van der Waals surface area (Å²) >= 11 is 0. The van der Waals surface area contributed by atoms with Crippen LogP contribution in [0.2, 0.25) is 0 Å². The zero-order chi connectivity index (χ0) is 35.9. The Labute approximate surface area is 294 Å².